The van der Waals surface area contributed by atoms with Gasteiger partial charge in [0.05, 0.1) is 44.1 Å². The van der Waals surface area contributed by atoms with Gasteiger partial charge < -0.3 is 109 Å². The fourth-order valence-corrected chi connectivity index (χ4v) is 16.4. The van der Waals surface area contributed by atoms with Crippen molar-refractivity contribution in [2.45, 2.75) is 242 Å². The predicted octanol–water partition coefficient (Wildman–Crippen LogP) is -2.04. The van der Waals surface area contributed by atoms with Crippen molar-refractivity contribution in [2.24, 2.45) is 50.2 Å². The van der Waals surface area contributed by atoms with Crippen LogP contribution in [0.15, 0.2) is 11.6 Å². The number of esters is 1. The van der Waals surface area contributed by atoms with E-state index in [0.717, 1.165) is 12.8 Å². The van der Waals surface area contributed by atoms with E-state index in [1.165, 1.54) is 12.5 Å². The van der Waals surface area contributed by atoms with E-state index in [0.29, 0.717) is 51.4 Å². The third-order valence-corrected chi connectivity index (χ3v) is 21.5. The molecule has 23 nitrogen and oxygen atoms in total. The maximum absolute atomic E-state index is 14.8. The Balaban J connectivity index is 0.976. The number of allylic oxidation sites excluding steroid dienone is 2. The van der Waals surface area contributed by atoms with E-state index < -0.39 is 166 Å². The van der Waals surface area contributed by atoms with Crippen LogP contribution in [0.4, 0.5) is 0 Å². The molecule has 9 rings (SSSR count). The highest BCUT2D eigenvalue weighted by atomic mass is 16.8. The largest absolute Gasteiger partial charge is 0.432 e. The number of hydrogen-bond acceptors (Lipinski definition) is 23. The summed E-state index contributed by atoms with van der Waals surface area (Å²) in [6.45, 7) is 12.2. The molecular weight excluding hydrogens is 1020 g/mol. The van der Waals surface area contributed by atoms with Gasteiger partial charge in [-0.3, -0.25) is 4.79 Å². The molecule has 0 radical (unpaired) electrons. The number of carbonyl (C=O) groups excluding carboxylic acids is 1. The Morgan fingerprint density at radius 3 is 1.66 bits per heavy atom. The standard InChI is InChI=1S/C54H88O23/c1-23-32(59)36(63)40(67)44(70-23)75-43-39(66)35(62)28(21-57)73-47(43)76-42-38(65)34(61)27(20-56)72-46(42)74-31-11-12-50(4)29(51(31,5)22-58)10-13-53(7)30(50)9-8-24-25-18-49(2,3)14-16-54(25,17-15-52(24,53)6)48(69)77-45-41(68)37(64)33(60)26(19-55)71-45/h8,23,25-47,55-68H,9-22H2,1-7H3/t23-,25-,26+,27+,28+,29+,30+,31-,32-,33+,34+,35+,36+,37-,38-,39-,40+,41+,42+,43+,44-,45-,46-,47-,50-,51-,52+,53+,54-/m0/s1. The van der Waals surface area contributed by atoms with Crippen molar-refractivity contribution in [3.05, 3.63) is 11.6 Å². The maximum Gasteiger partial charge on any atom is 0.315 e. The molecule has 0 spiro atoms. The molecule has 442 valence electrons. The van der Waals surface area contributed by atoms with Gasteiger partial charge in [-0.25, -0.2) is 0 Å². The fraction of sp³-hybridized carbons (Fsp3) is 0.944. The van der Waals surface area contributed by atoms with E-state index in [1.807, 2.05) is 6.92 Å². The van der Waals surface area contributed by atoms with Gasteiger partial charge in [-0.1, -0.05) is 53.2 Å². The summed E-state index contributed by atoms with van der Waals surface area (Å²) in [6, 6.07) is 0. The van der Waals surface area contributed by atoms with Crippen LogP contribution in [-0.4, -0.2) is 233 Å². The number of ether oxygens (including phenoxy) is 8. The Bertz CT molecular complexity index is 2120. The zero-order chi connectivity index (χ0) is 56.3. The smallest absolute Gasteiger partial charge is 0.315 e. The molecule has 0 aromatic rings. The Morgan fingerprint density at radius 1 is 0.558 bits per heavy atom. The summed E-state index contributed by atoms with van der Waals surface area (Å²) in [6.07, 6.45) is -24.9. The molecule has 5 aliphatic carbocycles. The van der Waals surface area contributed by atoms with Crippen LogP contribution in [0.5, 0.6) is 0 Å². The number of hydrogen-bond donors (Lipinski definition) is 14. The lowest BCUT2D eigenvalue weighted by Crippen LogP contribution is -2.68. The summed E-state index contributed by atoms with van der Waals surface area (Å²) in [5.41, 5.74) is -1.89. The molecule has 4 saturated heterocycles. The van der Waals surface area contributed by atoms with Gasteiger partial charge in [-0.05, 0) is 111 Å². The third-order valence-electron chi connectivity index (χ3n) is 21.5. The number of aliphatic hydroxyl groups excluding tert-OH is 14. The zero-order valence-corrected chi connectivity index (χ0v) is 45.3. The molecule has 0 amide bonds. The van der Waals surface area contributed by atoms with Crippen LogP contribution < -0.4 is 0 Å². The van der Waals surface area contributed by atoms with Crippen LogP contribution in [-0.2, 0) is 42.7 Å². The van der Waals surface area contributed by atoms with E-state index >= 15 is 0 Å². The number of aliphatic hydroxyl groups is 14. The first-order valence-corrected chi connectivity index (χ1v) is 27.9. The molecule has 29 atom stereocenters. The van der Waals surface area contributed by atoms with Crippen molar-refractivity contribution in [1.29, 1.82) is 0 Å². The van der Waals surface area contributed by atoms with Gasteiger partial charge in [0.15, 0.2) is 18.9 Å². The summed E-state index contributed by atoms with van der Waals surface area (Å²) in [7, 11) is 0. The minimum atomic E-state index is -1.90. The first-order valence-electron chi connectivity index (χ1n) is 27.9. The molecule has 14 N–H and O–H groups in total. The van der Waals surface area contributed by atoms with E-state index in [-0.39, 0.29) is 46.0 Å². The SMILES string of the molecule is C[C@@H]1O[C@@H](O[C@H]2[C@H](O[C@H]3[C@H](O[C@H]4CC[C@@]5(C)[C@@H](CC[C@]6(C)[C@@H]5CC=C5[C@@H]7CC(C)(C)CC[C@]7(C(=O)O[C@@H]7O[C@H](CO)[C@@H](O)[C@H](O)[C@H]7O)CC[C@]56C)[C@]4(C)CO)O[C@H](CO)[C@@H](O)[C@@H]3O)O[C@H](CO)[C@@H](O)[C@@H]2O)[C@H](O)[C@H](O)[C@H]1O. The van der Waals surface area contributed by atoms with Crippen molar-refractivity contribution >= 4 is 5.97 Å². The van der Waals surface area contributed by atoms with Crippen LogP contribution in [0.3, 0.4) is 0 Å². The zero-order valence-electron chi connectivity index (χ0n) is 45.3. The van der Waals surface area contributed by atoms with Crippen molar-refractivity contribution < 1.29 is 114 Å². The second kappa shape index (κ2) is 21.8. The average Bonchev–Trinajstić information content (AvgIpc) is 3.56. The van der Waals surface area contributed by atoms with Gasteiger partial charge in [0, 0.05) is 5.41 Å². The summed E-state index contributed by atoms with van der Waals surface area (Å²) in [5, 5.41) is 151. The first kappa shape index (κ1) is 60.0. The predicted molar refractivity (Wildman–Crippen MR) is 263 cm³/mol. The number of rotatable bonds is 12. The normalized spacial score (nSPS) is 54.7. The quantitative estimate of drug-likeness (QED) is 0.0569. The lowest BCUT2D eigenvalue weighted by Gasteiger charge is -2.71. The highest BCUT2D eigenvalue weighted by Crippen LogP contribution is 2.76. The van der Waals surface area contributed by atoms with Crippen molar-refractivity contribution in [3.63, 3.8) is 0 Å². The average molecular weight is 1110 g/mol. The Labute approximate surface area is 449 Å². The topological polar surface area (TPSA) is 374 Å². The van der Waals surface area contributed by atoms with E-state index in [2.05, 4.69) is 40.7 Å². The molecule has 23 heteroatoms. The fourth-order valence-electron chi connectivity index (χ4n) is 16.4. The number of carbonyl (C=O) groups is 1. The second-order valence-corrected chi connectivity index (χ2v) is 26.1. The van der Waals surface area contributed by atoms with Crippen LogP contribution in [0.25, 0.3) is 0 Å². The molecule has 0 aromatic heterocycles. The van der Waals surface area contributed by atoms with Crippen LogP contribution in [0, 0.1) is 50.2 Å². The lowest BCUT2D eigenvalue weighted by atomic mass is 9.33. The third kappa shape index (κ3) is 9.70. The second-order valence-electron chi connectivity index (χ2n) is 26.1. The summed E-state index contributed by atoms with van der Waals surface area (Å²) >= 11 is 0. The van der Waals surface area contributed by atoms with Crippen LogP contribution >= 0.6 is 0 Å². The van der Waals surface area contributed by atoms with Gasteiger partial charge in [0.2, 0.25) is 6.29 Å². The number of fused-ring (bicyclic) bond motifs is 7. The molecule has 8 fully saturated rings. The first-order chi connectivity index (χ1) is 36.1. The highest BCUT2D eigenvalue weighted by molar-refractivity contribution is 5.79. The van der Waals surface area contributed by atoms with Crippen LogP contribution in [0.1, 0.15) is 113 Å². The molecule has 77 heavy (non-hydrogen) atoms. The summed E-state index contributed by atoms with van der Waals surface area (Å²) < 4.78 is 48.5. The van der Waals surface area contributed by atoms with Gasteiger partial charge in [0.1, 0.15) is 91.6 Å². The van der Waals surface area contributed by atoms with Gasteiger partial charge >= 0.3 is 5.97 Å². The van der Waals surface area contributed by atoms with Crippen molar-refractivity contribution in [2.75, 3.05) is 26.4 Å². The Kier molecular flexibility index (Phi) is 17.0. The maximum atomic E-state index is 14.8. The minimum Gasteiger partial charge on any atom is -0.432 e. The molecule has 0 aromatic carbocycles. The summed E-state index contributed by atoms with van der Waals surface area (Å²) in [4.78, 5) is 14.8. The van der Waals surface area contributed by atoms with Crippen LogP contribution in [0.2, 0.25) is 0 Å². The van der Waals surface area contributed by atoms with Crippen molar-refractivity contribution in [1.82, 2.24) is 0 Å². The molecule has 4 heterocycles. The van der Waals surface area contributed by atoms with E-state index in [9.17, 15) is 76.3 Å². The monoisotopic (exact) mass is 1100 g/mol. The molecular formula is C54H88O23. The van der Waals surface area contributed by atoms with E-state index in [1.54, 1.807) is 0 Å². The lowest BCUT2D eigenvalue weighted by molar-refractivity contribution is -0.398. The Hall–Kier alpha value is -1.63. The molecule has 4 saturated carbocycles. The van der Waals surface area contributed by atoms with Crippen molar-refractivity contribution in [3.8, 4) is 0 Å². The molecule has 0 unspecified atom stereocenters. The minimum absolute atomic E-state index is 0.0953. The Morgan fingerprint density at radius 2 is 1.08 bits per heavy atom. The molecule has 9 aliphatic rings. The van der Waals surface area contributed by atoms with Gasteiger partial charge in [0.25, 0.3) is 0 Å². The molecule has 4 aliphatic heterocycles. The molecule has 0 bridgehead atoms. The van der Waals surface area contributed by atoms with Gasteiger partial charge in [-0.2, -0.15) is 0 Å². The highest BCUT2D eigenvalue weighted by Gasteiger charge is 2.71. The van der Waals surface area contributed by atoms with E-state index in [4.69, 9.17) is 37.9 Å². The van der Waals surface area contributed by atoms with Gasteiger partial charge in [-0.15, -0.1) is 0 Å². The summed E-state index contributed by atoms with van der Waals surface area (Å²) in [5.74, 6) is -0.811.